The topological polar surface area (TPSA) is 137 Å². The summed E-state index contributed by atoms with van der Waals surface area (Å²) in [5, 5.41) is 19.8. The summed E-state index contributed by atoms with van der Waals surface area (Å²) in [6.45, 7) is 0. The number of benzene rings is 2. The highest BCUT2D eigenvalue weighted by Gasteiger charge is 2.04. The van der Waals surface area contributed by atoms with Crippen molar-refractivity contribution in [2.45, 2.75) is 0 Å². The van der Waals surface area contributed by atoms with Crippen LogP contribution in [0.4, 0.5) is 5.69 Å². The molecule has 0 aliphatic heterocycles. The molecule has 0 aliphatic carbocycles. The predicted octanol–water partition coefficient (Wildman–Crippen LogP) is 2.45. The van der Waals surface area contributed by atoms with Crippen LogP contribution in [0, 0.1) is 10.8 Å². The van der Waals surface area contributed by atoms with Gasteiger partial charge in [-0.3, -0.25) is 16.2 Å². The minimum absolute atomic E-state index is 0.0176. The molecule has 3 aromatic rings. The van der Waals surface area contributed by atoms with Crippen molar-refractivity contribution < 1.29 is 4.42 Å². The summed E-state index contributed by atoms with van der Waals surface area (Å²) in [5.41, 5.74) is 16.5. The fourth-order valence-electron chi connectivity index (χ4n) is 2.19. The first-order valence-corrected chi connectivity index (χ1v) is 7.14. The zero-order valence-corrected chi connectivity index (χ0v) is 12.7. The molecule has 0 bridgehead atoms. The Kier molecular flexibility index (Phi) is 3.98. The first-order chi connectivity index (χ1) is 11.5. The largest absolute Gasteiger partial charge is 0.455 e. The molecule has 0 unspecified atom stereocenters. The number of hydrazone groups is 1. The van der Waals surface area contributed by atoms with E-state index >= 15 is 0 Å². The van der Waals surface area contributed by atoms with Gasteiger partial charge in [-0.25, -0.2) is 0 Å². The lowest BCUT2D eigenvalue weighted by Gasteiger charge is -2.01. The van der Waals surface area contributed by atoms with Crippen LogP contribution < -0.4 is 16.9 Å². The molecule has 1 aromatic heterocycles. The van der Waals surface area contributed by atoms with Gasteiger partial charge in [0.1, 0.15) is 23.0 Å². The third-order valence-corrected chi connectivity index (χ3v) is 3.43. The van der Waals surface area contributed by atoms with E-state index in [0.29, 0.717) is 22.5 Å². The van der Waals surface area contributed by atoms with Crippen LogP contribution in [0.1, 0.15) is 16.9 Å². The maximum absolute atomic E-state index is 7.45. The summed E-state index contributed by atoms with van der Waals surface area (Å²) >= 11 is 0. The van der Waals surface area contributed by atoms with Crippen LogP contribution in [0.15, 0.2) is 58.0 Å². The van der Waals surface area contributed by atoms with Crippen LogP contribution in [-0.4, -0.2) is 17.9 Å². The molecule has 0 amide bonds. The second-order valence-electron chi connectivity index (χ2n) is 5.18. The number of hydrogen-bond acceptors (Lipinski definition) is 5. The number of nitrogens with two attached hydrogens (primary N) is 2. The van der Waals surface area contributed by atoms with Crippen LogP contribution >= 0.6 is 0 Å². The third kappa shape index (κ3) is 3.25. The Hall–Kier alpha value is -3.61. The Balaban J connectivity index is 1.73. The highest BCUT2D eigenvalue weighted by Crippen LogP contribution is 2.20. The number of nitrogens with zero attached hydrogens (tertiary/aromatic N) is 1. The number of amidine groups is 2. The van der Waals surface area contributed by atoms with Crippen molar-refractivity contribution in [2.24, 2.45) is 16.6 Å². The molecule has 120 valence electrons. The Morgan fingerprint density at radius 2 is 1.62 bits per heavy atom. The Morgan fingerprint density at radius 1 is 0.958 bits per heavy atom. The van der Waals surface area contributed by atoms with E-state index in [9.17, 15) is 0 Å². The lowest BCUT2D eigenvalue weighted by Crippen LogP contribution is -2.10. The number of anilines is 1. The van der Waals surface area contributed by atoms with E-state index in [-0.39, 0.29) is 11.7 Å². The van der Waals surface area contributed by atoms with Gasteiger partial charge in [-0.2, -0.15) is 5.10 Å². The molecule has 3 rings (SSSR count). The molecule has 2 aromatic carbocycles. The van der Waals surface area contributed by atoms with Crippen molar-refractivity contribution >= 4 is 34.5 Å². The summed E-state index contributed by atoms with van der Waals surface area (Å²) in [5.74, 6) is 0.625. The highest BCUT2D eigenvalue weighted by atomic mass is 16.3. The van der Waals surface area contributed by atoms with Gasteiger partial charge in [0.15, 0.2) is 0 Å². The maximum Gasteiger partial charge on any atom is 0.148 e. The van der Waals surface area contributed by atoms with E-state index in [2.05, 4.69) is 10.5 Å². The van der Waals surface area contributed by atoms with Crippen LogP contribution in [0.5, 0.6) is 0 Å². The predicted molar refractivity (Wildman–Crippen MR) is 95.9 cm³/mol. The molecular formula is C17H16N6O. The smallest absolute Gasteiger partial charge is 0.148 e. The van der Waals surface area contributed by atoms with Crippen molar-refractivity contribution in [3.8, 4) is 0 Å². The van der Waals surface area contributed by atoms with Gasteiger partial charge in [0.2, 0.25) is 0 Å². The van der Waals surface area contributed by atoms with Gasteiger partial charge in [0.05, 0.1) is 11.9 Å². The van der Waals surface area contributed by atoms with E-state index in [1.807, 2.05) is 6.07 Å². The first kappa shape index (κ1) is 15.3. The van der Waals surface area contributed by atoms with Gasteiger partial charge >= 0.3 is 0 Å². The van der Waals surface area contributed by atoms with Crippen molar-refractivity contribution in [3.05, 3.63) is 65.4 Å². The molecule has 24 heavy (non-hydrogen) atoms. The normalized spacial score (nSPS) is 11.0. The first-order valence-electron chi connectivity index (χ1n) is 7.14. The second kappa shape index (κ2) is 6.25. The van der Waals surface area contributed by atoms with Gasteiger partial charge in [-0.05, 0) is 48.5 Å². The Labute approximate surface area is 138 Å². The zero-order valence-electron chi connectivity index (χ0n) is 12.7. The van der Waals surface area contributed by atoms with Crippen molar-refractivity contribution in [1.29, 1.82) is 10.8 Å². The van der Waals surface area contributed by atoms with Crippen molar-refractivity contribution in [3.63, 3.8) is 0 Å². The molecule has 0 saturated carbocycles. The molecular weight excluding hydrogens is 304 g/mol. The molecule has 0 atom stereocenters. The zero-order chi connectivity index (χ0) is 17.1. The molecule has 0 saturated heterocycles. The monoisotopic (exact) mass is 320 g/mol. The number of hydrogen-bond donors (Lipinski definition) is 5. The molecule has 0 spiro atoms. The Bertz CT molecular complexity index is 939. The standard InChI is InChI=1S/C17H16N6O/c18-16(19)10-1-4-13(5-2-10)23-22-9-14-8-12-7-11(17(20)21)3-6-15(12)24-14/h1-9,23H,(H3,18,19)(H3,20,21)/b22-9+. The number of furan rings is 1. The van der Waals surface area contributed by atoms with Crippen LogP contribution in [-0.2, 0) is 0 Å². The lowest BCUT2D eigenvalue weighted by atomic mass is 10.1. The van der Waals surface area contributed by atoms with Crippen LogP contribution in [0.2, 0.25) is 0 Å². The molecule has 7 N–H and O–H groups in total. The van der Waals surface area contributed by atoms with Gasteiger partial charge < -0.3 is 15.9 Å². The fraction of sp³-hybridized carbons (Fsp3) is 0. The Morgan fingerprint density at radius 3 is 2.29 bits per heavy atom. The summed E-state index contributed by atoms with van der Waals surface area (Å²) in [6, 6.07) is 14.2. The molecule has 7 nitrogen and oxygen atoms in total. The van der Waals surface area contributed by atoms with Crippen LogP contribution in [0.3, 0.4) is 0 Å². The minimum Gasteiger partial charge on any atom is -0.455 e. The average Bonchev–Trinajstić information content (AvgIpc) is 2.97. The molecule has 0 aliphatic rings. The highest BCUT2D eigenvalue weighted by molar-refractivity contribution is 5.99. The van der Waals surface area contributed by atoms with E-state index in [1.54, 1.807) is 48.7 Å². The summed E-state index contributed by atoms with van der Waals surface area (Å²) in [7, 11) is 0. The van der Waals surface area contributed by atoms with Crippen molar-refractivity contribution in [1.82, 2.24) is 0 Å². The van der Waals surface area contributed by atoms with Crippen molar-refractivity contribution in [2.75, 3.05) is 5.43 Å². The van der Waals surface area contributed by atoms with Gasteiger partial charge in [0, 0.05) is 16.5 Å². The molecule has 0 fully saturated rings. The van der Waals surface area contributed by atoms with Gasteiger partial charge in [0.25, 0.3) is 0 Å². The number of rotatable bonds is 5. The molecule has 0 radical (unpaired) electrons. The summed E-state index contributed by atoms with van der Waals surface area (Å²) in [4.78, 5) is 0. The van der Waals surface area contributed by atoms with E-state index < -0.39 is 0 Å². The second-order valence-corrected chi connectivity index (χ2v) is 5.18. The van der Waals surface area contributed by atoms with E-state index in [0.717, 1.165) is 11.1 Å². The average molecular weight is 320 g/mol. The summed E-state index contributed by atoms with van der Waals surface area (Å²) < 4.78 is 5.65. The minimum atomic E-state index is 0.0176. The number of fused-ring (bicyclic) bond motifs is 1. The van der Waals surface area contributed by atoms with Crippen LogP contribution in [0.25, 0.3) is 11.0 Å². The van der Waals surface area contributed by atoms with E-state index in [4.69, 9.17) is 26.7 Å². The maximum atomic E-state index is 7.45. The quantitative estimate of drug-likeness (QED) is 0.280. The SMILES string of the molecule is N=C(N)c1ccc(N/N=C/c2cc3cc(C(=N)N)ccc3o2)cc1. The van der Waals surface area contributed by atoms with E-state index in [1.165, 1.54) is 0 Å². The molecule has 7 heteroatoms. The summed E-state index contributed by atoms with van der Waals surface area (Å²) in [6.07, 6.45) is 1.56. The number of nitrogen functional groups attached to an aromatic ring is 2. The van der Waals surface area contributed by atoms with Gasteiger partial charge in [-0.1, -0.05) is 0 Å². The van der Waals surface area contributed by atoms with Gasteiger partial charge in [-0.15, -0.1) is 0 Å². The third-order valence-electron chi connectivity index (χ3n) is 3.43. The molecule has 1 heterocycles. The number of nitrogens with one attached hydrogen (secondary N) is 3. The fourth-order valence-corrected chi connectivity index (χ4v) is 2.19. The lowest BCUT2D eigenvalue weighted by molar-refractivity contribution is 0.608.